The van der Waals surface area contributed by atoms with Gasteiger partial charge in [0.15, 0.2) is 0 Å². The van der Waals surface area contributed by atoms with Gasteiger partial charge in [0.05, 0.1) is 12.0 Å². The van der Waals surface area contributed by atoms with Crippen molar-refractivity contribution < 1.29 is 9.53 Å². The average Bonchev–Trinajstić information content (AvgIpc) is 3.22. The largest absolute Gasteiger partial charge is 0.497 e. The average molecular weight is 383 g/mol. The highest BCUT2D eigenvalue weighted by Gasteiger charge is 2.17. The SMILES string of the molecule is COc1cccc(CCNC(=O)C(C)n2nc(-c3cccs3)ccc2=O)c1. The molecule has 2 heterocycles. The molecule has 0 spiro atoms. The molecule has 3 rings (SSSR count). The Balaban J connectivity index is 1.65. The third-order valence-corrected chi connectivity index (χ3v) is 5.08. The van der Waals surface area contributed by atoms with Crippen LogP contribution in [0.1, 0.15) is 18.5 Å². The molecule has 0 radical (unpaired) electrons. The second-order valence-electron chi connectivity index (χ2n) is 6.05. The summed E-state index contributed by atoms with van der Waals surface area (Å²) in [5.74, 6) is 0.546. The van der Waals surface area contributed by atoms with Gasteiger partial charge in [0.25, 0.3) is 5.56 Å². The fourth-order valence-electron chi connectivity index (χ4n) is 2.68. The molecule has 1 atom stereocenters. The first-order valence-corrected chi connectivity index (χ1v) is 9.51. The fraction of sp³-hybridized carbons (Fsp3) is 0.250. The number of rotatable bonds is 7. The van der Waals surface area contributed by atoms with Crippen LogP contribution in [0.5, 0.6) is 5.75 Å². The summed E-state index contributed by atoms with van der Waals surface area (Å²) in [7, 11) is 1.62. The van der Waals surface area contributed by atoms with Crippen LogP contribution in [-0.4, -0.2) is 29.3 Å². The number of hydrogen-bond donors (Lipinski definition) is 1. The molecule has 0 saturated carbocycles. The van der Waals surface area contributed by atoms with Gasteiger partial charge in [0.2, 0.25) is 5.91 Å². The Hall–Kier alpha value is -2.93. The normalized spacial score (nSPS) is 11.8. The number of amides is 1. The van der Waals surface area contributed by atoms with Crippen molar-refractivity contribution in [2.75, 3.05) is 13.7 Å². The van der Waals surface area contributed by atoms with E-state index in [1.807, 2.05) is 41.8 Å². The Morgan fingerprint density at radius 2 is 2.11 bits per heavy atom. The topological polar surface area (TPSA) is 73.2 Å². The minimum Gasteiger partial charge on any atom is -0.497 e. The van der Waals surface area contributed by atoms with Gasteiger partial charge in [0.1, 0.15) is 17.5 Å². The van der Waals surface area contributed by atoms with Crippen LogP contribution in [-0.2, 0) is 11.2 Å². The Morgan fingerprint density at radius 3 is 2.85 bits per heavy atom. The van der Waals surface area contributed by atoms with E-state index in [1.54, 1.807) is 20.1 Å². The fourth-order valence-corrected chi connectivity index (χ4v) is 3.37. The number of carbonyl (C=O) groups is 1. The standard InChI is InChI=1S/C20H21N3O3S/c1-14(20(25)21-11-10-15-5-3-6-16(13-15)26-2)23-19(24)9-8-17(22-23)18-7-4-12-27-18/h3-9,12-14H,10-11H2,1-2H3,(H,21,25). The van der Waals surface area contributed by atoms with Gasteiger partial charge >= 0.3 is 0 Å². The van der Waals surface area contributed by atoms with Crippen molar-refractivity contribution >= 4 is 17.2 Å². The number of hydrogen-bond acceptors (Lipinski definition) is 5. The van der Waals surface area contributed by atoms with Gasteiger partial charge in [-0.15, -0.1) is 11.3 Å². The molecule has 0 aliphatic heterocycles. The molecular formula is C20H21N3O3S. The summed E-state index contributed by atoms with van der Waals surface area (Å²) in [5, 5.41) is 9.18. The van der Waals surface area contributed by atoms with Gasteiger partial charge < -0.3 is 10.1 Å². The lowest BCUT2D eigenvalue weighted by atomic mass is 10.1. The van der Waals surface area contributed by atoms with Crippen LogP contribution in [0, 0.1) is 0 Å². The quantitative estimate of drug-likeness (QED) is 0.681. The second kappa shape index (κ2) is 8.64. The predicted molar refractivity (Wildman–Crippen MR) is 106 cm³/mol. The van der Waals surface area contributed by atoms with E-state index in [4.69, 9.17) is 4.74 Å². The zero-order valence-corrected chi connectivity index (χ0v) is 16.0. The minimum atomic E-state index is -0.692. The van der Waals surface area contributed by atoms with Crippen molar-refractivity contribution in [1.82, 2.24) is 15.1 Å². The molecule has 0 aliphatic carbocycles. The smallest absolute Gasteiger partial charge is 0.267 e. The molecule has 0 fully saturated rings. The summed E-state index contributed by atoms with van der Waals surface area (Å²) in [6.07, 6.45) is 0.674. The van der Waals surface area contributed by atoms with E-state index < -0.39 is 6.04 Å². The maximum Gasteiger partial charge on any atom is 0.267 e. The maximum atomic E-state index is 12.5. The van der Waals surface area contributed by atoms with Gasteiger partial charge in [-0.3, -0.25) is 9.59 Å². The van der Waals surface area contributed by atoms with Crippen LogP contribution >= 0.6 is 11.3 Å². The van der Waals surface area contributed by atoms with Crippen LogP contribution in [0.3, 0.4) is 0 Å². The lowest BCUT2D eigenvalue weighted by Crippen LogP contribution is -2.37. The Morgan fingerprint density at radius 1 is 1.26 bits per heavy atom. The lowest BCUT2D eigenvalue weighted by Gasteiger charge is -2.15. The third-order valence-electron chi connectivity index (χ3n) is 4.19. The monoisotopic (exact) mass is 383 g/mol. The van der Waals surface area contributed by atoms with Gasteiger partial charge in [-0.05, 0) is 48.6 Å². The van der Waals surface area contributed by atoms with Crippen LogP contribution < -0.4 is 15.6 Å². The van der Waals surface area contributed by atoms with Crippen molar-refractivity contribution in [2.24, 2.45) is 0 Å². The highest BCUT2D eigenvalue weighted by molar-refractivity contribution is 7.13. The van der Waals surface area contributed by atoms with Crippen molar-refractivity contribution in [2.45, 2.75) is 19.4 Å². The molecular weight excluding hydrogens is 362 g/mol. The summed E-state index contributed by atoms with van der Waals surface area (Å²) in [5.41, 5.74) is 1.45. The third kappa shape index (κ3) is 4.62. The summed E-state index contributed by atoms with van der Waals surface area (Å²) in [6.45, 7) is 2.14. The zero-order chi connectivity index (χ0) is 19.2. The van der Waals surface area contributed by atoms with E-state index in [1.165, 1.54) is 22.1 Å². The Kier molecular flexibility index (Phi) is 6.03. The van der Waals surface area contributed by atoms with Crippen molar-refractivity contribution in [1.29, 1.82) is 0 Å². The van der Waals surface area contributed by atoms with Crippen LogP contribution in [0.25, 0.3) is 10.6 Å². The molecule has 1 unspecified atom stereocenters. The van der Waals surface area contributed by atoms with Gasteiger partial charge in [-0.2, -0.15) is 5.10 Å². The van der Waals surface area contributed by atoms with Crippen molar-refractivity contribution in [3.05, 3.63) is 69.8 Å². The minimum absolute atomic E-state index is 0.240. The first kappa shape index (κ1) is 18.8. The number of methoxy groups -OCH3 is 1. The number of thiophene rings is 1. The highest BCUT2D eigenvalue weighted by atomic mass is 32.1. The number of carbonyl (C=O) groups excluding carboxylic acids is 1. The van der Waals surface area contributed by atoms with E-state index in [9.17, 15) is 9.59 Å². The molecule has 7 heteroatoms. The first-order valence-electron chi connectivity index (χ1n) is 8.63. The summed E-state index contributed by atoms with van der Waals surface area (Å²) in [4.78, 5) is 25.6. The molecule has 3 aromatic rings. The van der Waals surface area contributed by atoms with Crippen molar-refractivity contribution in [3.63, 3.8) is 0 Å². The maximum absolute atomic E-state index is 12.5. The second-order valence-corrected chi connectivity index (χ2v) is 6.99. The molecule has 1 aromatic carbocycles. The summed E-state index contributed by atoms with van der Waals surface area (Å²) in [6, 6.07) is 14.0. The molecule has 1 amide bonds. The number of ether oxygens (including phenoxy) is 1. The summed E-state index contributed by atoms with van der Waals surface area (Å²) >= 11 is 1.54. The van der Waals surface area contributed by atoms with E-state index in [0.29, 0.717) is 18.7 Å². The number of aromatic nitrogens is 2. The number of nitrogens with one attached hydrogen (secondary N) is 1. The van der Waals surface area contributed by atoms with Crippen LogP contribution in [0.2, 0.25) is 0 Å². The first-order chi connectivity index (χ1) is 13.1. The van der Waals surface area contributed by atoms with E-state index in [-0.39, 0.29) is 11.5 Å². The molecule has 1 N–H and O–H groups in total. The predicted octanol–water partition coefficient (Wildman–Crippen LogP) is 2.90. The number of nitrogens with zero attached hydrogens (tertiary/aromatic N) is 2. The van der Waals surface area contributed by atoms with Crippen LogP contribution in [0.4, 0.5) is 0 Å². The zero-order valence-electron chi connectivity index (χ0n) is 15.2. The molecule has 27 heavy (non-hydrogen) atoms. The van der Waals surface area contributed by atoms with Gasteiger partial charge in [-0.1, -0.05) is 18.2 Å². The van der Waals surface area contributed by atoms with E-state index in [2.05, 4.69) is 10.4 Å². The summed E-state index contributed by atoms with van der Waals surface area (Å²) < 4.78 is 6.43. The Labute approximate surface area is 161 Å². The Bertz CT molecular complexity index is 967. The van der Waals surface area contributed by atoms with E-state index >= 15 is 0 Å². The molecule has 140 valence electrons. The molecule has 2 aromatic heterocycles. The lowest BCUT2D eigenvalue weighted by molar-refractivity contribution is -0.124. The van der Waals surface area contributed by atoms with Gasteiger partial charge in [-0.25, -0.2) is 4.68 Å². The van der Waals surface area contributed by atoms with Gasteiger partial charge in [0, 0.05) is 12.6 Å². The molecule has 0 bridgehead atoms. The molecule has 0 saturated heterocycles. The van der Waals surface area contributed by atoms with E-state index in [0.717, 1.165) is 16.2 Å². The molecule has 0 aliphatic rings. The van der Waals surface area contributed by atoms with Crippen molar-refractivity contribution in [3.8, 4) is 16.3 Å². The number of benzene rings is 1. The molecule has 6 nitrogen and oxygen atoms in total. The highest BCUT2D eigenvalue weighted by Crippen LogP contribution is 2.21. The van der Waals surface area contributed by atoms with Crippen LogP contribution in [0.15, 0.2) is 58.7 Å².